The van der Waals surface area contributed by atoms with Crippen molar-refractivity contribution in [3.05, 3.63) is 52.1 Å². The molecule has 0 spiro atoms. The number of allylic oxidation sites excluding steroid dienone is 1. The van der Waals surface area contributed by atoms with Gasteiger partial charge < -0.3 is 4.57 Å². The summed E-state index contributed by atoms with van der Waals surface area (Å²) in [4.78, 5) is 12.4. The van der Waals surface area contributed by atoms with Crippen LogP contribution in [0.4, 0.5) is 4.39 Å². The van der Waals surface area contributed by atoms with Gasteiger partial charge in [0.05, 0.1) is 5.52 Å². The van der Waals surface area contributed by atoms with Gasteiger partial charge in [-0.15, -0.1) is 0 Å². The summed E-state index contributed by atoms with van der Waals surface area (Å²) in [6.07, 6.45) is 4.11. The van der Waals surface area contributed by atoms with E-state index < -0.39 is 0 Å². The van der Waals surface area contributed by atoms with Gasteiger partial charge in [0.2, 0.25) is 0 Å². The number of aryl methyl sites for hydroxylation is 1. The summed E-state index contributed by atoms with van der Waals surface area (Å²) < 4.78 is 15.8. The topological polar surface area (TPSA) is 22.0 Å². The highest BCUT2D eigenvalue weighted by Gasteiger charge is 2.25. The van der Waals surface area contributed by atoms with Gasteiger partial charge in [-0.25, -0.2) is 4.39 Å². The second-order valence-electron chi connectivity index (χ2n) is 5.41. The average molecular weight is 257 g/mol. The number of nitrogens with zero attached hydrogens (tertiary/aromatic N) is 1. The number of pyridine rings is 1. The van der Waals surface area contributed by atoms with Gasteiger partial charge in [-0.3, -0.25) is 4.79 Å². The van der Waals surface area contributed by atoms with Crippen molar-refractivity contribution in [2.75, 3.05) is 0 Å². The SMILES string of the molecule is C=C(C)c1cn(C2CC2)c2cc(C)c(F)cc2c1=O. The smallest absolute Gasteiger partial charge is 0.196 e. The van der Waals surface area contributed by atoms with Crippen molar-refractivity contribution in [1.82, 2.24) is 4.57 Å². The molecule has 2 aromatic rings. The first-order valence-electron chi connectivity index (χ1n) is 6.50. The predicted molar refractivity (Wildman–Crippen MR) is 75.9 cm³/mol. The maximum Gasteiger partial charge on any atom is 0.196 e. The van der Waals surface area contributed by atoms with E-state index in [0.717, 1.165) is 23.9 Å². The number of halogens is 1. The summed E-state index contributed by atoms with van der Waals surface area (Å²) in [5, 5.41) is 0.454. The van der Waals surface area contributed by atoms with Gasteiger partial charge >= 0.3 is 0 Å². The molecule has 1 fully saturated rings. The lowest BCUT2D eigenvalue weighted by molar-refractivity contribution is 0.619. The molecule has 0 atom stereocenters. The molecule has 0 amide bonds. The lowest BCUT2D eigenvalue weighted by Crippen LogP contribution is -2.14. The Labute approximate surface area is 111 Å². The Morgan fingerprint density at radius 1 is 1.42 bits per heavy atom. The second-order valence-corrected chi connectivity index (χ2v) is 5.41. The van der Waals surface area contributed by atoms with Crippen LogP contribution in [0, 0.1) is 12.7 Å². The largest absolute Gasteiger partial charge is 0.344 e. The number of fused-ring (bicyclic) bond motifs is 1. The summed E-state index contributed by atoms with van der Waals surface area (Å²) >= 11 is 0. The van der Waals surface area contributed by atoms with Crippen LogP contribution in [0.1, 0.15) is 36.9 Å². The van der Waals surface area contributed by atoms with Crippen molar-refractivity contribution in [1.29, 1.82) is 0 Å². The van der Waals surface area contributed by atoms with Crippen molar-refractivity contribution in [2.45, 2.75) is 32.7 Å². The first-order chi connectivity index (χ1) is 8.99. The zero-order valence-corrected chi connectivity index (χ0v) is 11.2. The third-order valence-corrected chi connectivity index (χ3v) is 3.71. The number of rotatable bonds is 2. The Morgan fingerprint density at radius 2 is 2.11 bits per heavy atom. The lowest BCUT2D eigenvalue weighted by Gasteiger charge is -2.13. The van der Waals surface area contributed by atoms with Crippen LogP contribution in [0.5, 0.6) is 0 Å². The molecule has 1 aromatic carbocycles. The monoisotopic (exact) mass is 257 g/mol. The Morgan fingerprint density at radius 3 is 2.68 bits per heavy atom. The molecule has 3 rings (SSSR count). The van der Waals surface area contributed by atoms with Crippen molar-refractivity contribution >= 4 is 16.5 Å². The molecule has 1 saturated carbocycles. The molecule has 1 aliphatic carbocycles. The van der Waals surface area contributed by atoms with Crippen molar-refractivity contribution in [2.24, 2.45) is 0 Å². The minimum Gasteiger partial charge on any atom is -0.344 e. The third kappa shape index (κ3) is 1.89. The highest BCUT2D eigenvalue weighted by atomic mass is 19.1. The van der Waals surface area contributed by atoms with Crippen molar-refractivity contribution < 1.29 is 4.39 Å². The molecule has 1 heterocycles. The fourth-order valence-corrected chi connectivity index (χ4v) is 2.43. The lowest BCUT2D eigenvalue weighted by atomic mass is 10.0. The van der Waals surface area contributed by atoms with Crippen molar-refractivity contribution in [3.63, 3.8) is 0 Å². The fourth-order valence-electron chi connectivity index (χ4n) is 2.43. The first kappa shape index (κ1) is 12.2. The van der Waals surface area contributed by atoms with Gasteiger partial charge in [-0.1, -0.05) is 6.58 Å². The van der Waals surface area contributed by atoms with E-state index in [2.05, 4.69) is 11.1 Å². The molecule has 3 heteroatoms. The summed E-state index contributed by atoms with van der Waals surface area (Å²) in [5.41, 5.74) is 2.59. The molecular weight excluding hydrogens is 241 g/mol. The Bertz CT molecular complexity index is 753. The van der Waals surface area contributed by atoms with Crippen LogP contribution in [0.25, 0.3) is 16.5 Å². The summed E-state index contributed by atoms with van der Waals surface area (Å²) in [5.74, 6) is -0.328. The normalized spacial score (nSPS) is 14.9. The van der Waals surface area contributed by atoms with Gasteiger partial charge in [0.1, 0.15) is 5.82 Å². The minimum atomic E-state index is -0.328. The molecule has 2 nitrogen and oxygen atoms in total. The summed E-state index contributed by atoms with van der Waals surface area (Å²) in [7, 11) is 0. The van der Waals surface area contributed by atoms with Gasteiger partial charge in [0, 0.05) is 23.2 Å². The summed E-state index contributed by atoms with van der Waals surface area (Å²) in [6, 6.07) is 3.57. The Hall–Kier alpha value is -1.90. The van der Waals surface area contributed by atoms with Gasteiger partial charge in [0.25, 0.3) is 0 Å². The van der Waals surface area contributed by atoms with Gasteiger partial charge in [-0.05, 0) is 50.0 Å². The molecule has 0 unspecified atom stereocenters. The predicted octanol–water partition coefficient (Wildman–Crippen LogP) is 3.82. The summed E-state index contributed by atoms with van der Waals surface area (Å²) in [6.45, 7) is 7.38. The standard InChI is InChI=1S/C16H16FNO/c1-9(2)13-8-18(11-4-5-11)15-6-10(3)14(17)7-12(15)16(13)19/h6-8,11H,1,4-5H2,2-3H3. The molecule has 0 saturated heterocycles. The Balaban J connectivity index is 2.45. The van der Waals surface area contributed by atoms with Crippen LogP contribution in [0.2, 0.25) is 0 Å². The van der Waals surface area contributed by atoms with Crippen molar-refractivity contribution in [3.8, 4) is 0 Å². The molecular formula is C16H16FNO. The molecule has 19 heavy (non-hydrogen) atoms. The Kier molecular flexibility index (Phi) is 2.59. The quantitative estimate of drug-likeness (QED) is 0.801. The molecule has 1 aliphatic rings. The van der Waals surface area contributed by atoms with E-state index in [1.807, 2.05) is 13.1 Å². The fraction of sp³-hybridized carbons (Fsp3) is 0.312. The number of aromatic nitrogens is 1. The van der Waals surface area contributed by atoms with Crippen LogP contribution >= 0.6 is 0 Å². The average Bonchev–Trinajstić information content (AvgIpc) is 3.16. The van der Waals surface area contributed by atoms with E-state index in [9.17, 15) is 9.18 Å². The van der Waals surface area contributed by atoms with E-state index in [4.69, 9.17) is 0 Å². The molecule has 0 N–H and O–H groups in total. The van der Waals surface area contributed by atoms with Crippen LogP contribution < -0.4 is 5.43 Å². The van der Waals surface area contributed by atoms with E-state index in [0.29, 0.717) is 22.6 Å². The number of hydrogen-bond donors (Lipinski definition) is 0. The zero-order valence-electron chi connectivity index (χ0n) is 11.2. The van der Waals surface area contributed by atoms with Gasteiger partial charge in [-0.2, -0.15) is 0 Å². The minimum absolute atomic E-state index is 0.127. The second kappa shape index (κ2) is 4.05. The molecule has 0 bridgehead atoms. The molecule has 98 valence electrons. The number of benzene rings is 1. The zero-order chi connectivity index (χ0) is 13.7. The third-order valence-electron chi connectivity index (χ3n) is 3.71. The first-order valence-corrected chi connectivity index (χ1v) is 6.50. The maximum atomic E-state index is 13.7. The van der Waals surface area contributed by atoms with E-state index in [1.54, 1.807) is 13.0 Å². The maximum absolute atomic E-state index is 13.7. The molecule has 0 radical (unpaired) electrons. The van der Waals surface area contributed by atoms with Crippen LogP contribution in [0.3, 0.4) is 0 Å². The number of hydrogen-bond acceptors (Lipinski definition) is 1. The van der Waals surface area contributed by atoms with Gasteiger partial charge in [0.15, 0.2) is 5.43 Å². The van der Waals surface area contributed by atoms with Crippen LogP contribution in [-0.2, 0) is 0 Å². The highest BCUT2D eigenvalue weighted by molar-refractivity contribution is 5.83. The molecule has 1 aromatic heterocycles. The molecule has 0 aliphatic heterocycles. The van der Waals surface area contributed by atoms with E-state index in [1.165, 1.54) is 6.07 Å². The van der Waals surface area contributed by atoms with E-state index in [-0.39, 0.29) is 11.2 Å². The van der Waals surface area contributed by atoms with Crippen LogP contribution in [-0.4, -0.2) is 4.57 Å². The highest BCUT2D eigenvalue weighted by Crippen LogP contribution is 2.37. The van der Waals surface area contributed by atoms with Crippen LogP contribution in [0.15, 0.2) is 29.7 Å². The van der Waals surface area contributed by atoms with E-state index >= 15 is 0 Å².